The maximum Gasteiger partial charge on any atom is 0.137 e. The van der Waals surface area contributed by atoms with Crippen LogP contribution in [0.3, 0.4) is 0 Å². The van der Waals surface area contributed by atoms with Crippen LogP contribution in [-0.4, -0.2) is 14.8 Å². The van der Waals surface area contributed by atoms with Crippen molar-refractivity contribution in [3.8, 4) is 0 Å². The molecule has 2 atom stereocenters. The van der Waals surface area contributed by atoms with Gasteiger partial charge in [-0.25, -0.2) is 4.98 Å². The first kappa shape index (κ1) is 15.5. The Bertz CT molecular complexity index is 628. The highest BCUT2D eigenvalue weighted by molar-refractivity contribution is 5.38. The topological polar surface area (TPSA) is 30.7 Å². The third-order valence-corrected chi connectivity index (χ3v) is 4.66. The molecule has 0 aliphatic rings. The van der Waals surface area contributed by atoms with Gasteiger partial charge in [0.15, 0.2) is 0 Å². The Morgan fingerprint density at radius 2 is 2.10 bits per heavy atom. The van der Waals surface area contributed by atoms with E-state index in [-0.39, 0.29) is 5.41 Å². The third kappa shape index (κ3) is 3.07. The van der Waals surface area contributed by atoms with Crippen molar-refractivity contribution in [2.45, 2.75) is 46.6 Å². The van der Waals surface area contributed by atoms with E-state index in [2.05, 4.69) is 69.5 Å². The highest BCUT2D eigenvalue weighted by Crippen LogP contribution is 2.39. The van der Waals surface area contributed by atoms with Crippen LogP contribution in [0.1, 0.15) is 37.5 Å². The van der Waals surface area contributed by atoms with Crippen LogP contribution < -0.4 is 0 Å². The molecule has 2 rings (SSSR count). The van der Waals surface area contributed by atoms with Gasteiger partial charge in [-0.3, -0.25) is 4.68 Å². The van der Waals surface area contributed by atoms with Gasteiger partial charge in [-0.2, -0.15) is 5.10 Å². The van der Waals surface area contributed by atoms with E-state index in [9.17, 15) is 0 Å². The second-order valence-corrected chi connectivity index (χ2v) is 6.40. The van der Waals surface area contributed by atoms with Crippen molar-refractivity contribution >= 4 is 0 Å². The molecule has 0 saturated carbocycles. The highest BCUT2D eigenvalue weighted by Gasteiger charge is 2.35. The number of nitrogens with zero attached hydrogens (tertiary/aromatic N) is 3. The van der Waals surface area contributed by atoms with Crippen molar-refractivity contribution < 1.29 is 0 Å². The minimum Gasteiger partial charge on any atom is -0.252 e. The predicted molar refractivity (Wildman–Crippen MR) is 87.3 cm³/mol. The van der Waals surface area contributed by atoms with E-state index >= 15 is 0 Å². The second-order valence-electron chi connectivity index (χ2n) is 6.40. The molecule has 0 N–H and O–H groups in total. The van der Waals surface area contributed by atoms with Crippen LogP contribution in [0.5, 0.6) is 0 Å². The first-order valence-corrected chi connectivity index (χ1v) is 7.40. The smallest absolute Gasteiger partial charge is 0.137 e. The molecule has 0 fully saturated rings. The molecule has 3 heteroatoms. The second kappa shape index (κ2) is 5.84. The Morgan fingerprint density at radius 3 is 2.67 bits per heavy atom. The fraction of sp³-hybridized carbons (Fsp3) is 0.444. The number of aromatic nitrogens is 3. The van der Waals surface area contributed by atoms with Gasteiger partial charge in [0.2, 0.25) is 0 Å². The van der Waals surface area contributed by atoms with E-state index < -0.39 is 0 Å². The lowest BCUT2D eigenvalue weighted by atomic mass is 9.68. The molecule has 1 heterocycles. The first-order chi connectivity index (χ1) is 9.84. The number of benzene rings is 1. The molecule has 3 nitrogen and oxygen atoms in total. The van der Waals surface area contributed by atoms with Crippen LogP contribution in [0, 0.1) is 19.8 Å². The van der Waals surface area contributed by atoms with Crippen molar-refractivity contribution in [2.24, 2.45) is 5.92 Å². The van der Waals surface area contributed by atoms with Crippen LogP contribution in [0.4, 0.5) is 0 Å². The number of rotatable bonds is 5. The van der Waals surface area contributed by atoms with Crippen LogP contribution in [0.25, 0.3) is 0 Å². The SMILES string of the molecule is C=C(C)[C@H](C)[C@](C)(Cn1cncn1)c1cc(C)ccc1C. The van der Waals surface area contributed by atoms with Crippen LogP contribution in [0.2, 0.25) is 0 Å². The third-order valence-electron chi connectivity index (χ3n) is 4.66. The summed E-state index contributed by atoms with van der Waals surface area (Å²) in [4.78, 5) is 4.07. The van der Waals surface area contributed by atoms with Gasteiger partial charge in [-0.1, -0.05) is 49.8 Å². The molecule has 1 aromatic carbocycles. The van der Waals surface area contributed by atoms with Gasteiger partial charge in [-0.15, -0.1) is 0 Å². The zero-order valence-corrected chi connectivity index (χ0v) is 13.7. The van der Waals surface area contributed by atoms with Crippen molar-refractivity contribution in [1.82, 2.24) is 14.8 Å². The average molecular weight is 283 g/mol. The van der Waals surface area contributed by atoms with Crippen LogP contribution >= 0.6 is 0 Å². The molecule has 0 radical (unpaired) electrons. The summed E-state index contributed by atoms with van der Waals surface area (Å²) in [5.41, 5.74) is 5.10. The molecule has 112 valence electrons. The molecule has 0 bridgehead atoms. The zero-order valence-electron chi connectivity index (χ0n) is 13.7. The summed E-state index contributed by atoms with van der Waals surface area (Å²) in [5, 5.41) is 4.30. The number of aryl methyl sites for hydroxylation is 2. The van der Waals surface area contributed by atoms with Gasteiger partial charge in [-0.05, 0) is 37.8 Å². The molecule has 2 aromatic rings. The van der Waals surface area contributed by atoms with Gasteiger partial charge < -0.3 is 0 Å². The Kier molecular flexibility index (Phi) is 4.31. The summed E-state index contributed by atoms with van der Waals surface area (Å²) in [6, 6.07) is 6.67. The average Bonchev–Trinajstić information content (AvgIpc) is 2.93. The summed E-state index contributed by atoms with van der Waals surface area (Å²) in [5.74, 6) is 0.349. The lowest BCUT2D eigenvalue weighted by Gasteiger charge is -2.38. The monoisotopic (exact) mass is 283 g/mol. The molecule has 21 heavy (non-hydrogen) atoms. The minimum absolute atomic E-state index is 0.0599. The summed E-state index contributed by atoms with van der Waals surface area (Å²) < 4.78 is 1.92. The fourth-order valence-electron chi connectivity index (χ4n) is 3.00. The van der Waals surface area contributed by atoms with Gasteiger partial charge in [0.05, 0.1) is 6.54 Å². The summed E-state index contributed by atoms with van der Waals surface area (Å²) in [6.45, 7) is 16.0. The zero-order chi connectivity index (χ0) is 15.6. The molecule has 0 saturated heterocycles. The van der Waals surface area contributed by atoms with Crippen molar-refractivity contribution in [3.05, 3.63) is 59.7 Å². The molecule has 0 amide bonds. The van der Waals surface area contributed by atoms with E-state index in [1.54, 1.807) is 12.7 Å². The van der Waals surface area contributed by atoms with Crippen molar-refractivity contribution in [3.63, 3.8) is 0 Å². The normalized spacial score (nSPS) is 15.5. The van der Waals surface area contributed by atoms with Crippen LogP contribution in [-0.2, 0) is 12.0 Å². The lowest BCUT2D eigenvalue weighted by Crippen LogP contribution is -2.36. The molecule has 0 spiro atoms. The molecular formula is C18H25N3. The van der Waals surface area contributed by atoms with Gasteiger partial charge in [0.1, 0.15) is 12.7 Å². The fourth-order valence-corrected chi connectivity index (χ4v) is 3.00. The number of allylic oxidation sites excluding steroid dienone is 1. The number of hydrogen-bond donors (Lipinski definition) is 0. The van der Waals surface area contributed by atoms with E-state index in [4.69, 9.17) is 0 Å². The van der Waals surface area contributed by atoms with E-state index in [0.717, 1.165) is 6.54 Å². The van der Waals surface area contributed by atoms with Crippen molar-refractivity contribution in [1.29, 1.82) is 0 Å². The van der Waals surface area contributed by atoms with Gasteiger partial charge in [0.25, 0.3) is 0 Å². The Balaban J connectivity index is 2.54. The van der Waals surface area contributed by atoms with E-state index in [1.807, 2.05) is 4.68 Å². The number of hydrogen-bond acceptors (Lipinski definition) is 2. The van der Waals surface area contributed by atoms with Gasteiger partial charge >= 0.3 is 0 Å². The Morgan fingerprint density at radius 1 is 1.38 bits per heavy atom. The molecular weight excluding hydrogens is 258 g/mol. The summed E-state index contributed by atoms with van der Waals surface area (Å²) in [6.07, 6.45) is 3.38. The maximum atomic E-state index is 4.30. The molecule has 1 aromatic heterocycles. The lowest BCUT2D eigenvalue weighted by molar-refractivity contribution is 0.291. The summed E-state index contributed by atoms with van der Waals surface area (Å²) >= 11 is 0. The quantitative estimate of drug-likeness (QED) is 0.775. The Labute approximate surface area is 127 Å². The molecule has 0 aliphatic carbocycles. The molecule has 0 unspecified atom stereocenters. The van der Waals surface area contributed by atoms with E-state index in [1.165, 1.54) is 22.3 Å². The van der Waals surface area contributed by atoms with Gasteiger partial charge in [0, 0.05) is 5.41 Å². The van der Waals surface area contributed by atoms with Crippen LogP contribution in [0.15, 0.2) is 43.0 Å². The summed E-state index contributed by atoms with van der Waals surface area (Å²) in [7, 11) is 0. The Hall–Kier alpha value is -1.90. The van der Waals surface area contributed by atoms with E-state index in [0.29, 0.717) is 5.92 Å². The predicted octanol–water partition coefficient (Wildman–Crippen LogP) is 4.07. The maximum absolute atomic E-state index is 4.30. The minimum atomic E-state index is -0.0599. The largest absolute Gasteiger partial charge is 0.252 e. The van der Waals surface area contributed by atoms with Crippen molar-refractivity contribution in [2.75, 3.05) is 0 Å². The standard InChI is InChI=1S/C18H25N3/c1-13(2)16(5)18(6,10-21-12-19-11-20-21)17-9-14(3)7-8-15(17)4/h7-9,11-12,16H,1,10H2,2-6H3/t16-,18-/m0/s1. The molecule has 0 aliphatic heterocycles. The first-order valence-electron chi connectivity index (χ1n) is 7.40. The highest BCUT2D eigenvalue weighted by atomic mass is 15.3.